The Morgan fingerprint density at radius 1 is 1.37 bits per heavy atom. The second kappa shape index (κ2) is 6.90. The van der Waals surface area contributed by atoms with Crippen LogP contribution < -0.4 is 10.2 Å². The van der Waals surface area contributed by atoms with Gasteiger partial charge in [0, 0.05) is 25.3 Å². The monoisotopic (exact) mass is 261 g/mol. The summed E-state index contributed by atoms with van der Waals surface area (Å²) in [4.78, 5) is 7.11. The van der Waals surface area contributed by atoms with Crippen molar-refractivity contribution < 1.29 is 0 Å². The molecule has 106 valence electrons. The summed E-state index contributed by atoms with van der Waals surface area (Å²) in [6.45, 7) is 9.85. The number of nitrogens with one attached hydrogen (secondary N) is 1. The minimum atomic E-state index is 0.384. The predicted octanol–water partition coefficient (Wildman–Crippen LogP) is 3.38. The molecule has 1 aromatic rings. The Morgan fingerprint density at radius 3 is 2.68 bits per heavy atom. The van der Waals surface area contributed by atoms with E-state index in [1.165, 1.54) is 31.4 Å². The number of nitrogens with zero attached hydrogens (tertiary/aromatic N) is 2. The van der Waals surface area contributed by atoms with E-state index in [0.717, 1.165) is 24.8 Å². The van der Waals surface area contributed by atoms with Crippen LogP contribution in [0.15, 0.2) is 18.3 Å². The zero-order chi connectivity index (χ0) is 13.7. The molecule has 3 nitrogen and oxygen atoms in total. The topological polar surface area (TPSA) is 28.2 Å². The quantitative estimate of drug-likeness (QED) is 0.777. The maximum Gasteiger partial charge on any atom is 0.128 e. The molecule has 0 radical (unpaired) electrons. The van der Waals surface area contributed by atoms with E-state index in [9.17, 15) is 0 Å². The van der Waals surface area contributed by atoms with Gasteiger partial charge in [-0.05, 0) is 50.3 Å². The van der Waals surface area contributed by atoms with Crippen LogP contribution in [0.5, 0.6) is 0 Å². The standard InChI is InChI=1S/C16H27N3/c1-4-10-19(12-14-6-7-14)16-9-8-15(11-18-16)13(3)17-5-2/h8-9,11,13-14,17H,4-7,10,12H2,1-3H3. The van der Waals surface area contributed by atoms with E-state index in [4.69, 9.17) is 0 Å². The van der Waals surface area contributed by atoms with Gasteiger partial charge in [-0.1, -0.05) is 19.9 Å². The molecule has 0 aliphatic heterocycles. The van der Waals surface area contributed by atoms with Gasteiger partial charge >= 0.3 is 0 Å². The zero-order valence-corrected chi connectivity index (χ0v) is 12.5. The number of anilines is 1. The Balaban J connectivity index is 2.01. The first-order chi connectivity index (χ1) is 9.24. The van der Waals surface area contributed by atoms with Crippen LogP contribution in [0.25, 0.3) is 0 Å². The third-order valence-electron chi connectivity index (χ3n) is 3.77. The lowest BCUT2D eigenvalue weighted by atomic mass is 10.1. The molecule has 0 spiro atoms. The molecule has 0 amide bonds. The summed E-state index contributed by atoms with van der Waals surface area (Å²) in [5.74, 6) is 2.05. The third kappa shape index (κ3) is 4.20. The van der Waals surface area contributed by atoms with Crippen LogP contribution in [0, 0.1) is 5.92 Å². The average molecular weight is 261 g/mol. The molecule has 19 heavy (non-hydrogen) atoms. The highest BCUT2D eigenvalue weighted by Gasteiger charge is 2.24. The van der Waals surface area contributed by atoms with E-state index >= 15 is 0 Å². The smallest absolute Gasteiger partial charge is 0.128 e. The Bertz CT molecular complexity index is 370. The summed E-state index contributed by atoms with van der Waals surface area (Å²) in [7, 11) is 0. The largest absolute Gasteiger partial charge is 0.356 e. The summed E-state index contributed by atoms with van der Waals surface area (Å²) in [6, 6.07) is 4.78. The Kier molecular flexibility index (Phi) is 5.20. The van der Waals surface area contributed by atoms with Crippen LogP contribution >= 0.6 is 0 Å². The first kappa shape index (κ1) is 14.3. The molecule has 1 heterocycles. The van der Waals surface area contributed by atoms with Gasteiger partial charge in [0.15, 0.2) is 0 Å². The molecule has 1 saturated carbocycles. The van der Waals surface area contributed by atoms with Crippen LogP contribution in [-0.4, -0.2) is 24.6 Å². The van der Waals surface area contributed by atoms with E-state index in [2.05, 4.69) is 48.1 Å². The van der Waals surface area contributed by atoms with Crippen molar-refractivity contribution in [2.45, 2.75) is 46.1 Å². The maximum absolute atomic E-state index is 4.67. The highest BCUT2D eigenvalue weighted by atomic mass is 15.2. The fourth-order valence-electron chi connectivity index (χ4n) is 2.45. The fourth-order valence-corrected chi connectivity index (χ4v) is 2.45. The average Bonchev–Trinajstić information content (AvgIpc) is 3.23. The van der Waals surface area contributed by atoms with Crippen molar-refractivity contribution in [3.05, 3.63) is 23.9 Å². The Morgan fingerprint density at radius 2 is 2.16 bits per heavy atom. The number of hydrogen-bond acceptors (Lipinski definition) is 3. The molecular weight excluding hydrogens is 234 g/mol. The summed E-state index contributed by atoms with van der Waals surface area (Å²) < 4.78 is 0. The van der Waals surface area contributed by atoms with Crippen LogP contribution in [-0.2, 0) is 0 Å². The van der Waals surface area contributed by atoms with Gasteiger partial charge in [-0.3, -0.25) is 0 Å². The van der Waals surface area contributed by atoms with Crippen molar-refractivity contribution >= 4 is 5.82 Å². The van der Waals surface area contributed by atoms with Crippen molar-refractivity contribution in [1.82, 2.24) is 10.3 Å². The van der Waals surface area contributed by atoms with Gasteiger partial charge in [-0.15, -0.1) is 0 Å². The van der Waals surface area contributed by atoms with Crippen LogP contribution in [0.3, 0.4) is 0 Å². The first-order valence-corrected chi connectivity index (χ1v) is 7.68. The molecular formula is C16H27N3. The zero-order valence-electron chi connectivity index (χ0n) is 12.5. The van der Waals surface area contributed by atoms with Gasteiger partial charge in [0.25, 0.3) is 0 Å². The molecule has 1 aliphatic carbocycles. The van der Waals surface area contributed by atoms with E-state index in [1.54, 1.807) is 0 Å². The fraction of sp³-hybridized carbons (Fsp3) is 0.688. The lowest BCUT2D eigenvalue weighted by Gasteiger charge is -2.23. The van der Waals surface area contributed by atoms with Gasteiger partial charge in [-0.2, -0.15) is 0 Å². The summed E-state index contributed by atoms with van der Waals surface area (Å²) in [5.41, 5.74) is 1.27. The highest BCUT2D eigenvalue weighted by molar-refractivity contribution is 5.40. The normalized spacial score (nSPS) is 16.4. The second-order valence-corrected chi connectivity index (χ2v) is 5.62. The van der Waals surface area contributed by atoms with Crippen molar-refractivity contribution in [3.8, 4) is 0 Å². The van der Waals surface area contributed by atoms with E-state index < -0.39 is 0 Å². The number of hydrogen-bond donors (Lipinski definition) is 1. The van der Waals surface area contributed by atoms with Gasteiger partial charge in [0.2, 0.25) is 0 Å². The number of rotatable bonds is 8. The molecule has 3 heteroatoms. The molecule has 2 rings (SSSR count). The lowest BCUT2D eigenvalue weighted by molar-refractivity contribution is 0.595. The summed E-state index contributed by atoms with van der Waals surface area (Å²) in [5, 5.41) is 3.42. The minimum Gasteiger partial charge on any atom is -0.356 e. The summed E-state index contributed by atoms with van der Waals surface area (Å²) >= 11 is 0. The van der Waals surface area contributed by atoms with Gasteiger partial charge < -0.3 is 10.2 Å². The predicted molar refractivity (Wildman–Crippen MR) is 81.6 cm³/mol. The highest BCUT2D eigenvalue weighted by Crippen LogP contribution is 2.31. The van der Waals surface area contributed by atoms with Crippen molar-refractivity contribution in [2.24, 2.45) is 5.92 Å². The minimum absolute atomic E-state index is 0.384. The van der Waals surface area contributed by atoms with Crippen LogP contribution in [0.4, 0.5) is 5.82 Å². The molecule has 1 aromatic heterocycles. The van der Waals surface area contributed by atoms with Gasteiger partial charge in [0.05, 0.1) is 0 Å². The Hall–Kier alpha value is -1.09. The van der Waals surface area contributed by atoms with Crippen LogP contribution in [0.2, 0.25) is 0 Å². The number of aromatic nitrogens is 1. The molecule has 1 aliphatic rings. The van der Waals surface area contributed by atoms with Gasteiger partial charge in [0.1, 0.15) is 5.82 Å². The van der Waals surface area contributed by atoms with Gasteiger partial charge in [-0.25, -0.2) is 4.98 Å². The number of pyridine rings is 1. The van der Waals surface area contributed by atoms with Crippen molar-refractivity contribution in [1.29, 1.82) is 0 Å². The summed E-state index contributed by atoms with van der Waals surface area (Å²) in [6.07, 6.45) is 6.01. The molecule has 0 bridgehead atoms. The van der Waals surface area contributed by atoms with Crippen molar-refractivity contribution in [3.63, 3.8) is 0 Å². The molecule has 0 aromatic carbocycles. The lowest BCUT2D eigenvalue weighted by Crippen LogP contribution is -2.27. The molecule has 1 atom stereocenters. The second-order valence-electron chi connectivity index (χ2n) is 5.62. The molecule has 0 saturated heterocycles. The van der Waals surface area contributed by atoms with E-state index in [-0.39, 0.29) is 0 Å². The molecule has 1 unspecified atom stereocenters. The SMILES string of the molecule is CCCN(CC1CC1)c1ccc(C(C)NCC)cn1. The third-order valence-corrected chi connectivity index (χ3v) is 3.77. The van der Waals surface area contributed by atoms with Crippen molar-refractivity contribution in [2.75, 3.05) is 24.5 Å². The van der Waals surface area contributed by atoms with E-state index in [1.807, 2.05) is 6.20 Å². The molecule has 1 fully saturated rings. The van der Waals surface area contributed by atoms with Crippen LogP contribution in [0.1, 0.15) is 51.6 Å². The maximum atomic E-state index is 4.67. The Labute approximate surface area is 117 Å². The first-order valence-electron chi connectivity index (χ1n) is 7.68. The molecule has 1 N–H and O–H groups in total. The van der Waals surface area contributed by atoms with E-state index in [0.29, 0.717) is 6.04 Å².